The molecule has 0 bridgehead atoms. The molecule has 0 radical (unpaired) electrons. The average Bonchev–Trinajstić information content (AvgIpc) is 2.39. The largest absolute Gasteiger partial charge is 0.495 e. The van der Waals surface area contributed by atoms with Gasteiger partial charge in [0.1, 0.15) is 11.2 Å². The summed E-state index contributed by atoms with van der Waals surface area (Å²) in [6, 6.07) is 3.54. The van der Waals surface area contributed by atoms with Gasteiger partial charge in [0.15, 0.2) is 0 Å². The first kappa shape index (κ1) is 11.9. The van der Waals surface area contributed by atoms with Gasteiger partial charge in [0.05, 0.1) is 12.8 Å². The van der Waals surface area contributed by atoms with Crippen molar-refractivity contribution >= 4 is 5.97 Å². The number of hydrogen-bond acceptors (Lipinski definition) is 3. The summed E-state index contributed by atoms with van der Waals surface area (Å²) in [5, 5.41) is 9.57. The van der Waals surface area contributed by atoms with E-state index in [1.807, 2.05) is 0 Å². The summed E-state index contributed by atoms with van der Waals surface area (Å²) in [6.45, 7) is 0. The van der Waals surface area contributed by atoms with Crippen LogP contribution >= 0.6 is 0 Å². The molecule has 1 aliphatic rings. The number of nitrogens with zero attached hydrogens (tertiary/aromatic N) is 1. The fraction of sp³-hybridized carbons (Fsp3) is 0.538. The minimum Gasteiger partial charge on any atom is -0.495 e. The third kappa shape index (κ3) is 1.99. The molecule has 0 spiro atoms. The van der Waals surface area contributed by atoms with Crippen LogP contribution in [-0.2, 0) is 10.2 Å². The maximum Gasteiger partial charge on any atom is 0.315 e. The van der Waals surface area contributed by atoms with Crippen LogP contribution < -0.4 is 4.74 Å². The number of rotatable bonds is 3. The zero-order valence-electron chi connectivity index (χ0n) is 9.98. The fourth-order valence-corrected chi connectivity index (χ4v) is 2.62. The lowest BCUT2D eigenvalue weighted by Gasteiger charge is -2.33. The molecule has 0 atom stereocenters. The van der Waals surface area contributed by atoms with Crippen LogP contribution in [0.3, 0.4) is 0 Å². The van der Waals surface area contributed by atoms with E-state index < -0.39 is 11.4 Å². The highest BCUT2D eigenvalue weighted by Crippen LogP contribution is 2.42. The van der Waals surface area contributed by atoms with Gasteiger partial charge in [-0.15, -0.1) is 0 Å². The van der Waals surface area contributed by atoms with Crippen LogP contribution in [0.2, 0.25) is 0 Å². The molecule has 1 aromatic rings. The maximum atomic E-state index is 11.6. The van der Waals surface area contributed by atoms with Crippen LogP contribution in [0.1, 0.15) is 37.8 Å². The number of ether oxygens (including phenoxy) is 1. The molecular formula is C13H17NO3. The second-order valence-corrected chi connectivity index (χ2v) is 4.50. The Morgan fingerprint density at radius 3 is 2.71 bits per heavy atom. The van der Waals surface area contributed by atoms with Gasteiger partial charge in [0.25, 0.3) is 0 Å². The number of carboxylic acids is 1. The van der Waals surface area contributed by atoms with Gasteiger partial charge < -0.3 is 9.84 Å². The highest BCUT2D eigenvalue weighted by molar-refractivity contribution is 5.81. The first-order chi connectivity index (χ1) is 8.20. The van der Waals surface area contributed by atoms with E-state index in [2.05, 4.69) is 4.98 Å². The van der Waals surface area contributed by atoms with Crippen molar-refractivity contribution in [1.82, 2.24) is 4.98 Å². The number of aromatic nitrogens is 1. The SMILES string of the molecule is COc1cccnc1C1(C(=O)O)CCCCC1. The molecule has 1 fully saturated rings. The molecule has 0 aliphatic heterocycles. The Kier molecular flexibility index (Phi) is 3.31. The van der Waals surface area contributed by atoms with Gasteiger partial charge >= 0.3 is 5.97 Å². The van der Waals surface area contributed by atoms with Gasteiger partial charge in [-0.05, 0) is 25.0 Å². The van der Waals surface area contributed by atoms with E-state index in [0.717, 1.165) is 19.3 Å². The van der Waals surface area contributed by atoms with E-state index in [0.29, 0.717) is 24.3 Å². The monoisotopic (exact) mass is 235 g/mol. The summed E-state index contributed by atoms with van der Waals surface area (Å²) in [7, 11) is 1.55. The Balaban J connectivity index is 2.48. The molecule has 4 heteroatoms. The molecule has 1 aliphatic carbocycles. The third-order valence-electron chi connectivity index (χ3n) is 3.56. The Hall–Kier alpha value is -1.58. The second kappa shape index (κ2) is 4.73. The summed E-state index contributed by atoms with van der Waals surface area (Å²) in [6.07, 6.45) is 5.91. The summed E-state index contributed by atoms with van der Waals surface area (Å²) in [5.74, 6) is -0.203. The van der Waals surface area contributed by atoms with Crippen molar-refractivity contribution in [3.8, 4) is 5.75 Å². The molecule has 1 N–H and O–H groups in total. The molecule has 0 saturated heterocycles. The zero-order chi connectivity index (χ0) is 12.3. The lowest BCUT2D eigenvalue weighted by Crippen LogP contribution is -2.39. The van der Waals surface area contributed by atoms with Crippen LogP contribution in [-0.4, -0.2) is 23.2 Å². The lowest BCUT2D eigenvalue weighted by molar-refractivity contribution is -0.145. The van der Waals surface area contributed by atoms with Gasteiger partial charge in [-0.2, -0.15) is 0 Å². The zero-order valence-corrected chi connectivity index (χ0v) is 9.98. The number of carbonyl (C=O) groups is 1. The average molecular weight is 235 g/mol. The Morgan fingerprint density at radius 1 is 1.41 bits per heavy atom. The summed E-state index contributed by atoms with van der Waals surface area (Å²) in [5.41, 5.74) is -0.278. The van der Waals surface area contributed by atoms with E-state index >= 15 is 0 Å². The predicted molar refractivity (Wildman–Crippen MR) is 63.2 cm³/mol. The first-order valence-corrected chi connectivity index (χ1v) is 5.93. The predicted octanol–water partition coefficient (Wildman–Crippen LogP) is 2.38. The van der Waals surface area contributed by atoms with E-state index in [-0.39, 0.29) is 0 Å². The minimum absolute atomic E-state index is 0.578. The minimum atomic E-state index is -0.856. The summed E-state index contributed by atoms with van der Waals surface area (Å²) < 4.78 is 5.25. The fourth-order valence-electron chi connectivity index (χ4n) is 2.62. The number of hydrogen-bond donors (Lipinski definition) is 1. The van der Waals surface area contributed by atoms with Crippen molar-refractivity contribution in [1.29, 1.82) is 0 Å². The smallest absolute Gasteiger partial charge is 0.315 e. The number of methoxy groups -OCH3 is 1. The second-order valence-electron chi connectivity index (χ2n) is 4.50. The van der Waals surface area contributed by atoms with Crippen molar-refractivity contribution in [2.24, 2.45) is 0 Å². The van der Waals surface area contributed by atoms with Gasteiger partial charge in [0.2, 0.25) is 0 Å². The quantitative estimate of drug-likeness (QED) is 0.873. The molecule has 0 amide bonds. The van der Waals surface area contributed by atoms with Gasteiger partial charge in [-0.25, -0.2) is 0 Å². The molecule has 17 heavy (non-hydrogen) atoms. The van der Waals surface area contributed by atoms with E-state index in [9.17, 15) is 9.90 Å². The highest BCUT2D eigenvalue weighted by atomic mass is 16.5. The van der Waals surface area contributed by atoms with E-state index in [1.54, 1.807) is 25.4 Å². The normalized spacial score (nSPS) is 18.6. The molecule has 1 heterocycles. The van der Waals surface area contributed by atoms with Crippen molar-refractivity contribution in [3.63, 3.8) is 0 Å². The molecule has 1 saturated carbocycles. The van der Waals surface area contributed by atoms with Crippen molar-refractivity contribution in [2.45, 2.75) is 37.5 Å². The highest BCUT2D eigenvalue weighted by Gasteiger charge is 2.44. The lowest BCUT2D eigenvalue weighted by atomic mass is 9.71. The molecule has 92 valence electrons. The molecule has 1 aromatic heterocycles. The summed E-state index contributed by atoms with van der Waals surface area (Å²) in [4.78, 5) is 15.9. The number of carboxylic acid groups (broad SMARTS) is 1. The Labute approximate surface area is 101 Å². The van der Waals surface area contributed by atoms with Crippen molar-refractivity contribution < 1.29 is 14.6 Å². The topological polar surface area (TPSA) is 59.4 Å². The third-order valence-corrected chi connectivity index (χ3v) is 3.56. The molecule has 4 nitrogen and oxygen atoms in total. The van der Waals surface area contributed by atoms with E-state index in [4.69, 9.17) is 4.74 Å². The number of aliphatic carboxylic acids is 1. The Morgan fingerprint density at radius 2 is 2.12 bits per heavy atom. The number of pyridine rings is 1. The van der Waals surface area contributed by atoms with Crippen LogP contribution in [0.5, 0.6) is 5.75 Å². The van der Waals surface area contributed by atoms with Gasteiger partial charge in [-0.3, -0.25) is 9.78 Å². The summed E-state index contributed by atoms with van der Waals surface area (Å²) >= 11 is 0. The van der Waals surface area contributed by atoms with Crippen molar-refractivity contribution in [2.75, 3.05) is 7.11 Å². The molecule has 2 rings (SSSR count). The van der Waals surface area contributed by atoms with E-state index in [1.165, 1.54) is 0 Å². The molecule has 0 aromatic carbocycles. The van der Waals surface area contributed by atoms with Crippen LogP contribution in [0, 0.1) is 0 Å². The van der Waals surface area contributed by atoms with Gasteiger partial charge in [-0.1, -0.05) is 19.3 Å². The maximum absolute atomic E-state index is 11.6. The molecule has 0 unspecified atom stereocenters. The van der Waals surface area contributed by atoms with Crippen LogP contribution in [0.4, 0.5) is 0 Å². The molecular weight excluding hydrogens is 218 g/mol. The standard InChI is InChI=1S/C13H17NO3/c1-17-10-6-5-9-14-11(10)13(12(15)16)7-3-2-4-8-13/h5-6,9H,2-4,7-8H2,1H3,(H,15,16). The first-order valence-electron chi connectivity index (χ1n) is 5.93. The van der Waals surface area contributed by atoms with Crippen LogP contribution in [0.15, 0.2) is 18.3 Å². The Bertz CT molecular complexity index is 411. The van der Waals surface area contributed by atoms with Crippen molar-refractivity contribution in [3.05, 3.63) is 24.0 Å². The van der Waals surface area contributed by atoms with Crippen LogP contribution in [0.25, 0.3) is 0 Å². The van der Waals surface area contributed by atoms with Gasteiger partial charge in [0, 0.05) is 6.20 Å².